The summed E-state index contributed by atoms with van der Waals surface area (Å²) in [4.78, 5) is 14.2. The molecular formula is C25H27ClN4O3S. The quantitative estimate of drug-likeness (QED) is 0.480. The Morgan fingerprint density at radius 2 is 1.76 bits per heavy atom. The monoisotopic (exact) mass is 498 g/mol. The first kappa shape index (κ1) is 24.2. The SMILES string of the molecule is O=C(/C=C/c1ccc(Cl)cc1)N1CCC(S(=O)(=O)NCc2ccn(Cc3ccccc3)n2)CC1. The first-order valence-electron chi connectivity index (χ1n) is 11.2. The largest absolute Gasteiger partial charge is 0.339 e. The fraction of sp³-hybridized carbons (Fsp3) is 0.280. The molecule has 1 aromatic heterocycles. The number of piperidine rings is 1. The number of sulfonamides is 1. The summed E-state index contributed by atoms with van der Waals surface area (Å²) in [6, 6.07) is 19.0. The lowest BCUT2D eigenvalue weighted by Gasteiger charge is -2.31. The van der Waals surface area contributed by atoms with Crippen LogP contribution in [0.2, 0.25) is 5.02 Å². The summed E-state index contributed by atoms with van der Waals surface area (Å²) < 4.78 is 30.1. The van der Waals surface area contributed by atoms with E-state index < -0.39 is 15.3 Å². The van der Waals surface area contributed by atoms with Gasteiger partial charge in [-0.15, -0.1) is 0 Å². The summed E-state index contributed by atoms with van der Waals surface area (Å²) in [7, 11) is -3.51. The highest BCUT2D eigenvalue weighted by Crippen LogP contribution is 2.18. The minimum Gasteiger partial charge on any atom is -0.339 e. The van der Waals surface area contributed by atoms with Crippen LogP contribution in [0.15, 0.2) is 72.9 Å². The summed E-state index contributed by atoms with van der Waals surface area (Å²) in [5, 5.41) is 4.58. The molecule has 0 atom stereocenters. The minimum atomic E-state index is -3.51. The molecule has 7 nitrogen and oxygen atoms in total. The highest BCUT2D eigenvalue weighted by atomic mass is 35.5. The van der Waals surface area contributed by atoms with E-state index in [-0.39, 0.29) is 12.5 Å². The van der Waals surface area contributed by atoms with Gasteiger partial charge in [-0.2, -0.15) is 5.10 Å². The number of hydrogen-bond acceptors (Lipinski definition) is 4. The van der Waals surface area contributed by atoms with Gasteiger partial charge in [0.05, 0.1) is 24.0 Å². The van der Waals surface area contributed by atoms with Crippen molar-refractivity contribution >= 4 is 33.6 Å². The van der Waals surface area contributed by atoms with Gasteiger partial charge in [0.2, 0.25) is 15.9 Å². The number of benzene rings is 2. The van der Waals surface area contributed by atoms with Gasteiger partial charge in [-0.25, -0.2) is 13.1 Å². The maximum absolute atomic E-state index is 12.8. The van der Waals surface area contributed by atoms with E-state index in [1.807, 2.05) is 54.7 Å². The molecule has 9 heteroatoms. The van der Waals surface area contributed by atoms with Gasteiger partial charge in [0.1, 0.15) is 0 Å². The number of aromatic nitrogens is 2. The van der Waals surface area contributed by atoms with Crippen molar-refractivity contribution in [3.63, 3.8) is 0 Å². The predicted octanol–water partition coefficient (Wildman–Crippen LogP) is 3.71. The normalized spacial score (nSPS) is 15.1. The molecule has 1 aliphatic rings. The van der Waals surface area contributed by atoms with Crippen molar-refractivity contribution in [2.45, 2.75) is 31.2 Å². The van der Waals surface area contributed by atoms with Gasteiger partial charge in [0.15, 0.2) is 0 Å². The van der Waals surface area contributed by atoms with E-state index >= 15 is 0 Å². The van der Waals surface area contributed by atoms with E-state index in [1.165, 1.54) is 6.08 Å². The lowest BCUT2D eigenvalue weighted by molar-refractivity contribution is -0.126. The van der Waals surface area contributed by atoms with Crippen molar-refractivity contribution < 1.29 is 13.2 Å². The Balaban J connectivity index is 1.25. The summed E-state index contributed by atoms with van der Waals surface area (Å²) in [5.41, 5.74) is 2.67. The summed E-state index contributed by atoms with van der Waals surface area (Å²) in [6.07, 6.45) is 5.90. The zero-order chi connectivity index (χ0) is 24.0. The molecule has 1 fully saturated rings. The molecule has 0 saturated carbocycles. The fourth-order valence-corrected chi connectivity index (χ4v) is 5.42. The third kappa shape index (κ3) is 6.56. The van der Waals surface area contributed by atoms with E-state index in [0.29, 0.717) is 43.2 Å². The first-order chi connectivity index (χ1) is 16.4. The molecular weight excluding hydrogens is 472 g/mol. The highest BCUT2D eigenvalue weighted by Gasteiger charge is 2.31. The fourth-order valence-electron chi connectivity index (χ4n) is 3.88. The number of carbonyl (C=O) groups excluding carboxylic acids is 1. The number of amides is 1. The Labute approximate surface area is 205 Å². The molecule has 0 unspecified atom stereocenters. The van der Waals surface area contributed by atoms with Crippen molar-refractivity contribution in [2.24, 2.45) is 0 Å². The van der Waals surface area contributed by atoms with E-state index in [1.54, 1.807) is 27.8 Å². The average Bonchev–Trinajstić information content (AvgIpc) is 3.30. The van der Waals surface area contributed by atoms with E-state index in [2.05, 4.69) is 9.82 Å². The van der Waals surface area contributed by atoms with Gasteiger partial charge in [-0.3, -0.25) is 9.48 Å². The molecule has 0 spiro atoms. The van der Waals surface area contributed by atoms with Gasteiger partial charge in [-0.05, 0) is 48.2 Å². The number of likely N-dealkylation sites (tertiary alicyclic amines) is 1. The molecule has 4 rings (SSSR count). The second-order valence-electron chi connectivity index (χ2n) is 8.27. The van der Waals surface area contributed by atoms with Crippen LogP contribution in [0.25, 0.3) is 6.08 Å². The molecule has 0 radical (unpaired) electrons. The van der Waals surface area contributed by atoms with E-state index in [0.717, 1.165) is 11.1 Å². The standard InChI is InChI=1S/C25H27ClN4O3S/c26-22-9-6-20(7-10-22)8-11-25(31)29-15-13-24(14-16-29)34(32,33)27-18-23-12-17-30(28-23)19-21-4-2-1-3-5-21/h1-12,17,24,27H,13-16,18-19H2/b11-8+. The van der Waals surface area contributed by atoms with Crippen LogP contribution in [0.1, 0.15) is 29.7 Å². The minimum absolute atomic E-state index is 0.122. The molecule has 1 saturated heterocycles. The van der Waals surface area contributed by atoms with Gasteiger partial charge in [-0.1, -0.05) is 54.1 Å². The number of nitrogens with zero attached hydrogens (tertiary/aromatic N) is 3. The zero-order valence-electron chi connectivity index (χ0n) is 18.7. The Bertz CT molecular complexity index is 1230. The third-order valence-electron chi connectivity index (χ3n) is 5.82. The molecule has 1 aliphatic heterocycles. The number of halogens is 1. The van der Waals surface area contributed by atoms with Gasteiger partial charge >= 0.3 is 0 Å². The Hall–Kier alpha value is -2.94. The molecule has 178 valence electrons. The van der Waals surface area contributed by atoms with Gasteiger partial charge < -0.3 is 4.90 Å². The summed E-state index contributed by atoms with van der Waals surface area (Å²) in [6.45, 7) is 1.59. The molecule has 0 aliphatic carbocycles. The van der Waals surface area contributed by atoms with Crippen molar-refractivity contribution in [1.29, 1.82) is 0 Å². The lowest BCUT2D eigenvalue weighted by Crippen LogP contribution is -2.45. The lowest BCUT2D eigenvalue weighted by atomic mass is 10.1. The number of nitrogens with one attached hydrogen (secondary N) is 1. The van der Waals surface area contributed by atoms with Crippen LogP contribution in [0.3, 0.4) is 0 Å². The van der Waals surface area contributed by atoms with Crippen molar-refractivity contribution in [3.05, 3.63) is 94.8 Å². The average molecular weight is 499 g/mol. The molecule has 1 N–H and O–H groups in total. The maximum Gasteiger partial charge on any atom is 0.246 e. The second kappa shape index (κ2) is 11.0. The Morgan fingerprint density at radius 1 is 1.06 bits per heavy atom. The predicted molar refractivity (Wildman–Crippen MR) is 134 cm³/mol. The van der Waals surface area contributed by atoms with Crippen LogP contribution in [-0.2, 0) is 27.9 Å². The summed E-state index contributed by atoms with van der Waals surface area (Å²) in [5.74, 6) is -0.122. The van der Waals surface area contributed by atoms with Crippen LogP contribution in [0.4, 0.5) is 0 Å². The number of hydrogen-bond donors (Lipinski definition) is 1. The third-order valence-corrected chi connectivity index (χ3v) is 7.97. The van der Waals surface area contributed by atoms with E-state index in [4.69, 9.17) is 11.6 Å². The second-order valence-corrected chi connectivity index (χ2v) is 10.7. The van der Waals surface area contributed by atoms with Crippen LogP contribution < -0.4 is 4.72 Å². The van der Waals surface area contributed by atoms with Gasteiger partial charge in [0, 0.05) is 30.4 Å². The number of rotatable bonds is 8. The van der Waals surface area contributed by atoms with Crippen molar-refractivity contribution in [2.75, 3.05) is 13.1 Å². The van der Waals surface area contributed by atoms with Crippen LogP contribution >= 0.6 is 11.6 Å². The molecule has 2 heterocycles. The molecule has 3 aromatic rings. The maximum atomic E-state index is 12.8. The first-order valence-corrected chi connectivity index (χ1v) is 13.1. The van der Waals surface area contributed by atoms with Crippen molar-refractivity contribution in [3.8, 4) is 0 Å². The van der Waals surface area contributed by atoms with Crippen LogP contribution in [0, 0.1) is 0 Å². The topological polar surface area (TPSA) is 84.3 Å². The molecule has 1 amide bonds. The number of carbonyl (C=O) groups is 1. The summed E-state index contributed by atoms with van der Waals surface area (Å²) >= 11 is 5.88. The van der Waals surface area contributed by atoms with Crippen LogP contribution in [-0.4, -0.2) is 47.3 Å². The Morgan fingerprint density at radius 3 is 2.47 bits per heavy atom. The van der Waals surface area contributed by atoms with Crippen molar-refractivity contribution in [1.82, 2.24) is 19.4 Å². The van der Waals surface area contributed by atoms with Crippen LogP contribution in [0.5, 0.6) is 0 Å². The molecule has 2 aromatic carbocycles. The van der Waals surface area contributed by atoms with E-state index in [9.17, 15) is 13.2 Å². The zero-order valence-corrected chi connectivity index (χ0v) is 20.3. The highest BCUT2D eigenvalue weighted by molar-refractivity contribution is 7.90. The van der Waals surface area contributed by atoms with Gasteiger partial charge in [0.25, 0.3) is 0 Å². The smallest absolute Gasteiger partial charge is 0.246 e. The molecule has 34 heavy (non-hydrogen) atoms. The molecule has 0 bridgehead atoms. The Kier molecular flexibility index (Phi) is 7.82.